The molecule has 1 aliphatic heterocycles. The number of carbonyl (C=O) groups is 1. The van der Waals surface area contributed by atoms with Gasteiger partial charge in [-0.2, -0.15) is 0 Å². The predicted molar refractivity (Wildman–Crippen MR) is 127 cm³/mol. The van der Waals surface area contributed by atoms with Crippen molar-refractivity contribution in [2.24, 2.45) is 0 Å². The predicted octanol–water partition coefficient (Wildman–Crippen LogP) is 3.32. The van der Waals surface area contributed by atoms with E-state index < -0.39 is 12.3 Å². The minimum atomic E-state index is -1.000. The van der Waals surface area contributed by atoms with Gasteiger partial charge in [0, 0.05) is 24.3 Å². The summed E-state index contributed by atoms with van der Waals surface area (Å²) in [6.07, 6.45) is 2.32. The first kappa shape index (κ1) is 20.7. The average molecular weight is 441 g/mol. The number of nitrogens with one attached hydrogen (secondary N) is 2. The van der Waals surface area contributed by atoms with Gasteiger partial charge in [-0.3, -0.25) is 9.78 Å². The van der Waals surface area contributed by atoms with Crippen LogP contribution in [0.15, 0.2) is 79.1 Å². The molecule has 8 heteroatoms. The normalized spacial score (nSPS) is 17.6. The number of amides is 1. The van der Waals surface area contributed by atoms with Gasteiger partial charge in [0.15, 0.2) is 6.23 Å². The zero-order valence-corrected chi connectivity index (χ0v) is 18.0. The molecule has 8 nitrogen and oxygen atoms in total. The van der Waals surface area contributed by atoms with Gasteiger partial charge < -0.3 is 25.4 Å². The molecule has 2 aromatic carbocycles. The third kappa shape index (κ3) is 4.16. The molecule has 0 spiro atoms. The molecule has 0 radical (unpaired) electrons. The van der Waals surface area contributed by atoms with Gasteiger partial charge in [-0.1, -0.05) is 18.2 Å². The second kappa shape index (κ2) is 8.76. The summed E-state index contributed by atoms with van der Waals surface area (Å²) in [7, 11) is 1.77. The number of aliphatic hydroxyl groups is 1. The number of hydrogen-bond acceptors (Lipinski definition) is 7. The molecule has 1 amide bonds. The van der Waals surface area contributed by atoms with Crippen molar-refractivity contribution >= 4 is 33.9 Å². The summed E-state index contributed by atoms with van der Waals surface area (Å²) in [5.74, 6) is 0.239. The molecule has 5 rings (SSSR count). The summed E-state index contributed by atoms with van der Waals surface area (Å²) in [6.45, 7) is 0.115. The van der Waals surface area contributed by atoms with Crippen LogP contribution in [-0.4, -0.2) is 46.9 Å². The van der Waals surface area contributed by atoms with E-state index in [0.29, 0.717) is 5.75 Å². The van der Waals surface area contributed by atoms with Crippen LogP contribution in [0.2, 0.25) is 0 Å². The molecule has 1 unspecified atom stereocenters. The van der Waals surface area contributed by atoms with E-state index in [9.17, 15) is 9.90 Å². The Labute approximate surface area is 190 Å². The number of likely N-dealkylation sites (N-methyl/N-ethyl adjacent to an activating group) is 1. The van der Waals surface area contributed by atoms with Gasteiger partial charge in [-0.25, -0.2) is 4.98 Å². The van der Waals surface area contributed by atoms with E-state index in [2.05, 4.69) is 20.6 Å². The Balaban J connectivity index is 1.31. The lowest BCUT2D eigenvalue weighted by molar-refractivity contribution is 0.0767. The highest BCUT2D eigenvalue weighted by Crippen LogP contribution is 2.38. The molecule has 2 atom stereocenters. The molecular weight excluding hydrogens is 418 g/mol. The number of aromatic nitrogens is 2. The van der Waals surface area contributed by atoms with E-state index in [4.69, 9.17) is 4.74 Å². The fourth-order valence-corrected chi connectivity index (χ4v) is 3.91. The summed E-state index contributed by atoms with van der Waals surface area (Å²) in [6, 6.07) is 20.0. The van der Waals surface area contributed by atoms with E-state index in [-0.39, 0.29) is 18.2 Å². The first-order chi connectivity index (χ1) is 16.1. The number of ether oxygens (including phenoxy) is 1. The smallest absolute Gasteiger partial charge is 0.270 e. The van der Waals surface area contributed by atoms with Crippen LogP contribution in [-0.2, 0) is 0 Å². The molecule has 166 valence electrons. The van der Waals surface area contributed by atoms with Gasteiger partial charge in [-0.15, -0.1) is 0 Å². The first-order valence-corrected chi connectivity index (χ1v) is 10.6. The number of anilines is 3. The molecular formula is C25H23N5O3. The molecule has 0 saturated heterocycles. The van der Waals surface area contributed by atoms with E-state index in [1.165, 1.54) is 0 Å². The summed E-state index contributed by atoms with van der Waals surface area (Å²) in [5.41, 5.74) is 3.49. The monoisotopic (exact) mass is 441 g/mol. The fourth-order valence-electron chi connectivity index (χ4n) is 3.91. The standard InChI is InChI=1S/C25H23N5O3/c1-30-23-18-8-5-13-26-19(18)11-12-22(23)33-15-21(25(30)32)29-24(31)20-10-9-17(14-27-20)28-16-6-3-2-4-7-16/h2-14,21,25,28,32H,15H2,1H3,(H,29,31)/t21-,25?/m0/s1. The number of para-hydroxylation sites is 1. The van der Waals surface area contributed by atoms with Crippen molar-refractivity contribution in [1.29, 1.82) is 0 Å². The lowest BCUT2D eigenvalue weighted by atomic mass is 10.1. The second-order valence-electron chi connectivity index (χ2n) is 7.82. The Morgan fingerprint density at radius 1 is 1.03 bits per heavy atom. The van der Waals surface area contributed by atoms with Crippen molar-refractivity contribution in [3.63, 3.8) is 0 Å². The number of carbonyl (C=O) groups excluding carboxylic acids is 1. The van der Waals surface area contributed by atoms with E-state index >= 15 is 0 Å². The molecule has 3 N–H and O–H groups in total. The topological polar surface area (TPSA) is 99.6 Å². The number of hydrogen-bond donors (Lipinski definition) is 3. The Morgan fingerprint density at radius 2 is 1.88 bits per heavy atom. The highest BCUT2D eigenvalue weighted by atomic mass is 16.5. The van der Waals surface area contributed by atoms with Crippen molar-refractivity contribution in [2.75, 3.05) is 23.9 Å². The van der Waals surface area contributed by atoms with Crippen LogP contribution < -0.4 is 20.3 Å². The van der Waals surface area contributed by atoms with Crippen LogP contribution in [0.4, 0.5) is 17.1 Å². The second-order valence-corrected chi connectivity index (χ2v) is 7.82. The van der Waals surface area contributed by atoms with Gasteiger partial charge in [0.2, 0.25) is 0 Å². The quantitative estimate of drug-likeness (QED) is 0.447. The van der Waals surface area contributed by atoms with Gasteiger partial charge in [-0.05, 0) is 48.5 Å². The number of fused-ring (bicyclic) bond motifs is 3. The van der Waals surface area contributed by atoms with Crippen LogP contribution in [0.1, 0.15) is 10.5 Å². The molecule has 0 fully saturated rings. The average Bonchev–Trinajstić information content (AvgIpc) is 2.97. The summed E-state index contributed by atoms with van der Waals surface area (Å²) in [4.78, 5) is 23.2. The molecule has 2 aromatic heterocycles. The van der Waals surface area contributed by atoms with Crippen molar-refractivity contribution in [3.8, 4) is 5.75 Å². The van der Waals surface area contributed by atoms with Crippen LogP contribution in [0.5, 0.6) is 5.75 Å². The number of benzene rings is 2. The molecule has 0 bridgehead atoms. The largest absolute Gasteiger partial charge is 0.489 e. The molecule has 1 aliphatic rings. The number of nitrogens with zero attached hydrogens (tertiary/aromatic N) is 3. The lowest BCUT2D eigenvalue weighted by Crippen LogP contribution is -2.52. The summed E-state index contributed by atoms with van der Waals surface area (Å²) < 4.78 is 5.96. The highest BCUT2D eigenvalue weighted by Gasteiger charge is 2.32. The third-order valence-electron chi connectivity index (χ3n) is 5.62. The maximum absolute atomic E-state index is 12.8. The summed E-state index contributed by atoms with van der Waals surface area (Å²) >= 11 is 0. The highest BCUT2D eigenvalue weighted by molar-refractivity contribution is 5.96. The van der Waals surface area contributed by atoms with Crippen LogP contribution in [0.3, 0.4) is 0 Å². The van der Waals surface area contributed by atoms with Crippen LogP contribution >= 0.6 is 0 Å². The maximum atomic E-state index is 12.8. The maximum Gasteiger partial charge on any atom is 0.270 e. The molecule has 33 heavy (non-hydrogen) atoms. The van der Waals surface area contributed by atoms with Gasteiger partial charge in [0.05, 0.1) is 23.1 Å². The lowest BCUT2D eigenvalue weighted by Gasteiger charge is -2.29. The Bertz CT molecular complexity index is 1280. The molecule has 0 saturated carbocycles. The van der Waals surface area contributed by atoms with Gasteiger partial charge in [0.25, 0.3) is 5.91 Å². The fraction of sp³-hybridized carbons (Fsp3) is 0.160. The van der Waals surface area contributed by atoms with Crippen molar-refractivity contribution in [3.05, 3.63) is 84.8 Å². The molecule has 0 aliphatic carbocycles. The summed E-state index contributed by atoms with van der Waals surface area (Å²) in [5, 5.41) is 18.0. The Hall–Kier alpha value is -4.17. The van der Waals surface area contributed by atoms with Crippen molar-refractivity contribution in [2.45, 2.75) is 12.3 Å². The van der Waals surface area contributed by atoms with Crippen LogP contribution in [0, 0.1) is 0 Å². The van der Waals surface area contributed by atoms with E-state index in [0.717, 1.165) is 28.0 Å². The number of pyridine rings is 2. The third-order valence-corrected chi connectivity index (χ3v) is 5.62. The molecule has 4 aromatic rings. The molecule has 3 heterocycles. The van der Waals surface area contributed by atoms with E-state index in [1.807, 2.05) is 54.6 Å². The SMILES string of the molecule is CN1c2c(ccc3ncccc23)OC[C@H](NC(=O)c2ccc(Nc3ccccc3)cn2)C1O. The Morgan fingerprint density at radius 3 is 2.67 bits per heavy atom. The minimum Gasteiger partial charge on any atom is -0.489 e. The minimum absolute atomic E-state index is 0.115. The van der Waals surface area contributed by atoms with Crippen LogP contribution in [0.25, 0.3) is 10.9 Å². The Kier molecular flexibility index (Phi) is 5.50. The van der Waals surface area contributed by atoms with E-state index in [1.54, 1.807) is 36.5 Å². The zero-order valence-electron chi connectivity index (χ0n) is 18.0. The van der Waals surface area contributed by atoms with Crippen molar-refractivity contribution < 1.29 is 14.6 Å². The first-order valence-electron chi connectivity index (χ1n) is 10.6. The van der Waals surface area contributed by atoms with Gasteiger partial charge in [0.1, 0.15) is 24.1 Å². The number of rotatable bonds is 4. The number of aliphatic hydroxyl groups excluding tert-OH is 1. The van der Waals surface area contributed by atoms with Crippen molar-refractivity contribution in [1.82, 2.24) is 15.3 Å². The zero-order chi connectivity index (χ0) is 22.8. The van der Waals surface area contributed by atoms with Gasteiger partial charge >= 0.3 is 0 Å².